The Hall–Kier alpha value is -3.23. The molecule has 9 nitrogen and oxygen atoms in total. The minimum Gasteiger partial charge on any atom is -0.460 e. The zero-order valence-electron chi connectivity index (χ0n) is 13.4. The molecule has 9 heteroatoms. The number of carbonyl (C=O) groups is 2. The van der Waals surface area contributed by atoms with Crippen LogP contribution in [0.15, 0.2) is 28.7 Å². The van der Waals surface area contributed by atoms with Crippen molar-refractivity contribution in [2.45, 2.75) is 19.8 Å². The van der Waals surface area contributed by atoms with Crippen LogP contribution >= 0.6 is 0 Å². The van der Waals surface area contributed by atoms with E-state index in [1.165, 1.54) is 29.2 Å². The Labute approximate surface area is 142 Å². The van der Waals surface area contributed by atoms with Crippen LogP contribution in [0.4, 0.5) is 11.7 Å². The first-order valence-electron chi connectivity index (χ1n) is 7.74. The van der Waals surface area contributed by atoms with Crippen LogP contribution in [0.5, 0.6) is 0 Å². The van der Waals surface area contributed by atoms with Gasteiger partial charge in [-0.05, 0) is 25.5 Å². The Morgan fingerprint density at radius 3 is 2.68 bits per heavy atom. The third-order valence-electron chi connectivity index (χ3n) is 3.73. The first-order chi connectivity index (χ1) is 12.0. The summed E-state index contributed by atoms with van der Waals surface area (Å²) < 4.78 is 10.5. The molecule has 3 rings (SSSR count). The highest BCUT2D eigenvalue weighted by atomic mass is 16.6. The minimum atomic E-state index is -0.707. The van der Waals surface area contributed by atoms with Crippen molar-refractivity contribution in [1.82, 2.24) is 4.98 Å². The number of esters is 1. The first-order valence-corrected chi connectivity index (χ1v) is 7.74. The summed E-state index contributed by atoms with van der Waals surface area (Å²) in [6.07, 6.45) is 1.08. The van der Waals surface area contributed by atoms with Crippen molar-refractivity contribution in [3.63, 3.8) is 0 Å². The number of amides is 1. The number of nitro benzene ring substituents is 1. The smallest absolute Gasteiger partial charge is 0.376 e. The van der Waals surface area contributed by atoms with Crippen molar-refractivity contribution in [1.29, 1.82) is 0 Å². The number of rotatable bonds is 5. The maximum Gasteiger partial charge on any atom is 0.376 e. The number of non-ortho nitro benzene ring substituents is 1. The molecule has 1 saturated heterocycles. The highest BCUT2D eigenvalue weighted by Gasteiger charge is 2.30. The summed E-state index contributed by atoms with van der Waals surface area (Å²) in [7, 11) is 0. The normalized spacial score (nSPS) is 14.0. The van der Waals surface area contributed by atoms with E-state index in [1.54, 1.807) is 6.92 Å². The summed E-state index contributed by atoms with van der Waals surface area (Å²) in [4.78, 5) is 39.9. The molecule has 1 aliphatic rings. The van der Waals surface area contributed by atoms with E-state index in [0.717, 1.165) is 0 Å². The van der Waals surface area contributed by atoms with Gasteiger partial charge in [0.2, 0.25) is 11.7 Å². The lowest BCUT2D eigenvalue weighted by Crippen LogP contribution is -2.23. The molecule has 0 bridgehead atoms. The average molecular weight is 345 g/mol. The lowest BCUT2D eigenvalue weighted by atomic mass is 10.1. The predicted octanol–water partition coefficient (Wildman–Crippen LogP) is 2.55. The molecule has 1 aromatic heterocycles. The van der Waals surface area contributed by atoms with E-state index in [4.69, 9.17) is 9.15 Å². The van der Waals surface area contributed by atoms with Gasteiger partial charge in [-0.3, -0.25) is 19.8 Å². The van der Waals surface area contributed by atoms with Gasteiger partial charge in [-0.25, -0.2) is 4.79 Å². The fourth-order valence-electron chi connectivity index (χ4n) is 2.55. The molecule has 130 valence electrons. The Morgan fingerprint density at radius 2 is 2.12 bits per heavy atom. The highest BCUT2D eigenvalue weighted by Crippen LogP contribution is 2.31. The number of benzene rings is 1. The van der Waals surface area contributed by atoms with Gasteiger partial charge in [0.1, 0.15) is 5.69 Å². The van der Waals surface area contributed by atoms with Gasteiger partial charge in [-0.1, -0.05) is 0 Å². The molecule has 2 heterocycles. The zero-order valence-corrected chi connectivity index (χ0v) is 13.4. The second-order valence-electron chi connectivity index (χ2n) is 5.35. The van der Waals surface area contributed by atoms with Gasteiger partial charge in [0.25, 0.3) is 5.69 Å². The second kappa shape index (κ2) is 6.71. The quantitative estimate of drug-likeness (QED) is 0.464. The van der Waals surface area contributed by atoms with Crippen LogP contribution in [0.2, 0.25) is 0 Å². The SMILES string of the molecule is CCOC(=O)c1oc(N2CCCC2=O)nc1-c1ccc([N+](=O)[O-])cc1. The molecule has 0 unspecified atom stereocenters. The van der Waals surface area contributed by atoms with Gasteiger partial charge in [0, 0.05) is 30.7 Å². The Bertz CT molecular complexity index is 827. The summed E-state index contributed by atoms with van der Waals surface area (Å²) >= 11 is 0. The lowest BCUT2D eigenvalue weighted by Gasteiger charge is -2.08. The van der Waals surface area contributed by atoms with Crippen molar-refractivity contribution in [3.8, 4) is 11.3 Å². The second-order valence-corrected chi connectivity index (χ2v) is 5.35. The number of ether oxygens (including phenoxy) is 1. The van der Waals surface area contributed by atoms with E-state index in [2.05, 4.69) is 4.98 Å². The first kappa shape index (κ1) is 16.6. The third kappa shape index (κ3) is 3.21. The van der Waals surface area contributed by atoms with Gasteiger partial charge in [0.15, 0.2) is 0 Å². The van der Waals surface area contributed by atoms with Gasteiger partial charge >= 0.3 is 12.0 Å². The standard InChI is InChI=1S/C16H15N3O6/c1-2-24-15(21)14-13(10-5-7-11(8-6-10)19(22)23)17-16(25-14)18-9-3-4-12(18)20/h5-8H,2-4,9H2,1H3. The maximum atomic E-state index is 12.2. The molecule has 0 saturated carbocycles. The van der Waals surface area contributed by atoms with Crippen LogP contribution in [0.25, 0.3) is 11.3 Å². The van der Waals surface area contributed by atoms with E-state index in [9.17, 15) is 19.7 Å². The lowest BCUT2D eigenvalue weighted by molar-refractivity contribution is -0.384. The van der Waals surface area contributed by atoms with Gasteiger partial charge in [-0.15, -0.1) is 0 Å². The van der Waals surface area contributed by atoms with Crippen molar-refractivity contribution < 1.29 is 23.7 Å². The Morgan fingerprint density at radius 1 is 1.40 bits per heavy atom. The fraction of sp³-hybridized carbons (Fsp3) is 0.312. The largest absolute Gasteiger partial charge is 0.460 e. The molecule has 1 aromatic carbocycles. The molecule has 25 heavy (non-hydrogen) atoms. The van der Waals surface area contributed by atoms with E-state index in [0.29, 0.717) is 24.9 Å². The van der Waals surface area contributed by atoms with Crippen LogP contribution < -0.4 is 4.90 Å². The van der Waals surface area contributed by atoms with Crippen LogP contribution in [-0.4, -0.2) is 34.9 Å². The molecule has 0 radical (unpaired) electrons. The monoisotopic (exact) mass is 345 g/mol. The Kier molecular flexibility index (Phi) is 4.46. The van der Waals surface area contributed by atoms with Crippen LogP contribution in [0, 0.1) is 10.1 Å². The molecular weight excluding hydrogens is 330 g/mol. The number of anilines is 1. The molecule has 0 spiro atoms. The average Bonchev–Trinajstić information content (AvgIpc) is 3.21. The van der Waals surface area contributed by atoms with Crippen molar-refractivity contribution in [3.05, 3.63) is 40.1 Å². The molecule has 0 N–H and O–H groups in total. The summed E-state index contributed by atoms with van der Waals surface area (Å²) in [6, 6.07) is 5.57. The molecule has 0 atom stereocenters. The van der Waals surface area contributed by atoms with Crippen LogP contribution in [-0.2, 0) is 9.53 Å². The van der Waals surface area contributed by atoms with Crippen molar-refractivity contribution >= 4 is 23.6 Å². The summed E-state index contributed by atoms with van der Waals surface area (Å²) in [5, 5.41) is 10.8. The molecule has 1 amide bonds. The summed E-state index contributed by atoms with van der Waals surface area (Å²) in [5.74, 6) is -0.974. The number of carbonyl (C=O) groups excluding carboxylic acids is 2. The predicted molar refractivity (Wildman–Crippen MR) is 86.1 cm³/mol. The molecular formula is C16H15N3O6. The van der Waals surface area contributed by atoms with Crippen molar-refractivity contribution in [2.75, 3.05) is 18.1 Å². The maximum absolute atomic E-state index is 12.2. The number of hydrogen-bond acceptors (Lipinski definition) is 7. The molecule has 2 aromatic rings. The van der Waals surface area contributed by atoms with Gasteiger partial charge in [-0.2, -0.15) is 4.98 Å². The Balaban J connectivity index is 2.03. The molecule has 0 aliphatic carbocycles. The number of aromatic nitrogens is 1. The molecule has 1 aliphatic heterocycles. The van der Waals surface area contributed by atoms with E-state index >= 15 is 0 Å². The summed E-state index contributed by atoms with van der Waals surface area (Å²) in [5.41, 5.74) is 0.554. The third-order valence-corrected chi connectivity index (χ3v) is 3.73. The van der Waals surface area contributed by atoms with Gasteiger partial charge in [0.05, 0.1) is 11.5 Å². The topological polar surface area (TPSA) is 116 Å². The van der Waals surface area contributed by atoms with Crippen molar-refractivity contribution in [2.24, 2.45) is 0 Å². The number of oxazole rings is 1. The number of nitrogens with zero attached hydrogens (tertiary/aromatic N) is 3. The minimum absolute atomic E-state index is 0.0268. The van der Waals surface area contributed by atoms with Gasteiger partial charge < -0.3 is 9.15 Å². The number of nitro groups is 1. The van der Waals surface area contributed by atoms with Crippen LogP contribution in [0.3, 0.4) is 0 Å². The van der Waals surface area contributed by atoms with Crippen LogP contribution in [0.1, 0.15) is 30.3 Å². The number of hydrogen-bond donors (Lipinski definition) is 0. The fourth-order valence-corrected chi connectivity index (χ4v) is 2.55. The molecule has 1 fully saturated rings. The highest BCUT2D eigenvalue weighted by molar-refractivity contribution is 5.96. The van der Waals surface area contributed by atoms with E-state index in [1.807, 2.05) is 0 Å². The van der Waals surface area contributed by atoms with E-state index in [-0.39, 0.29) is 35.7 Å². The zero-order chi connectivity index (χ0) is 18.0. The summed E-state index contributed by atoms with van der Waals surface area (Å²) in [6.45, 7) is 2.27. The van der Waals surface area contributed by atoms with E-state index < -0.39 is 10.9 Å².